The minimum Gasteiger partial charge on any atom is -0.508 e. The summed E-state index contributed by atoms with van der Waals surface area (Å²) in [6, 6.07) is 3.36. The van der Waals surface area contributed by atoms with Gasteiger partial charge < -0.3 is 24.1 Å². The highest BCUT2D eigenvalue weighted by Crippen LogP contribution is 2.37. The molecular weight excluding hydrogens is 286 g/mol. The largest absolute Gasteiger partial charge is 0.508 e. The van der Waals surface area contributed by atoms with E-state index < -0.39 is 0 Å². The third kappa shape index (κ3) is 5.38. The SMILES string of the molecule is C=C(O)c1cc(OCCOC)c(OCCOC)cc1/N=C\C. The lowest BCUT2D eigenvalue weighted by Gasteiger charge is -2.15. The third-order valence-corrected chi connectivity index (χ3v) is 2.73. The maximum absolute atomic E-state index is 9.72. The summed E-state index contributed by atoms with van der Waals surface area (Å²) in [7, 11) is 3.20. The fourth-order valence-corrected chi connectivity index (χ4v) is 1.72. The van der Waals surface area contributed by atoms with Crippen LogP contribution in [-0.2, 0) is 9.47 Å². The number of methoxy groups -OCH3 is 2. The van der Waals surface area contributed by atoms with Crippen LogP contribution in [-0.4, -0.2) is 52.0 Å². The molecule has 1 N–H and O–H groups in total. The molecule has 0 bridgehead atoms. The lowest BCUT2D eigenvalue weighted by Crippen LogP contribution is -2.09. The minimum atomic E-state index is -0.0827. The summed E-state index contributed by atoms with van der Waals surface area (Å²) in [4.78, 5) is 4.22. The van der Waals surface area contributed by atoms with Crippen LogP contribution in [0.3, 0.4) is 0 Å². The molecule has 1 rings (SSSR count). The fourth-order valence-electron chi connectivity index (χ4n) is 1.72. The number of aliphatic hydroxyl groups is 1. The van der Waals surface area contributed by atoms with Crippen molar-refractivity contribution in [2.75, 3.05) is 40.6 Å². The summed E-state index contributed by atoms with van der Waals surface area (Å²) in [5, 5.41) is 9.72. The van der Waals surface area contributed by atoms with Crippen molar-refractivity contribution in [3.8, 4) is 11.5 Å². The summed E-state index contributed by atoms with van der Waals surface area (Å²) >= 11 is 0. The van der Waals surface area contributed by atoms with Crippen molar-refractivity contribution in [1.29, 1.82) is 0 Å². The molecule has 0 heterocycles. The second-order valence-electron chi connectivity index (χ2n) is 4.33. The van der Waals surface area contributed by atoms with E-state index in [2.05, 4.69) is 11.6 Å². The van der Waals surface area contributed by atoms with E-state index in [1.807, 2.05) is 0 Å². The first-order valence-electron chi connectivity index (χ1n) is 6.92. The molecule has 122 valence electrons. The van der Waals surface area contributed by atoms with E-state index in [9.17, 15) is 5.11 Å². The van der Waals surface area contributed by atoms with Crippen molar-refractivity contribution in [3.05, 3.63) is 24.3 Å². The van der Waals surface area contributed by atoms with Crippen molar-refractivity contribution in [2.45, 2.75) is 6.92 Å². The van der Waals surface area contributed by atoms with Crippen LogP contribution in [0.5, 0.6) is 11.5 Å². The quantitative estimate of drug-likeness (QED) is 0.409. The van der Waals surface area contributed by atoms with Crippen LogP contribution >= 0.6 is 0 Å². The smallest absolute Gasteiger partial charge is 0.163 e. The molecule has 0 aromatic heterocycles. The lowest BCUT2D eigenvalue weighted by atomic mass is 10.1. The first-order valence-corrected chi connectivity index (χ1v) is 6.92. The van der Waals surface area contributed by atoms with Crippen molar-refractivity contribution in [2.24, 2.45) is 4.99 Å². The van der Waals surface area contributed by atoms with Gasteiger partial charge in [0.05, 0.1) is 18.9 Å². The van der Waals surface area contributed by atoms with E-state index in [0.29, 0.717) is 49.2 Å². The molecular formula is C16H23NO5. The standard InChI is InChI=1S/C16H23NO5/c1-5-17-14-11-16(22-9-7-20-4)15(21-8-6-19-3)10-13(14)12(2)18/h5,10-11,18H,2,6-9H2,1,3-4H3/b17-5-. The van der Waals surface area contributed by atoms with Gasteiger partial charge in [-0.15, -0.1) is 0 Å². The third-order valence-electron chi connectivity index (χ3n) is 2.73. The Balaban J connectivity index is 3.11. The summed E-state index contributed by atoms with van der Waals surface area (Å²) < 4.78 is 21.2. The Bertz CT molecular complexity index is 514. The maximum atomic E-state index is 9.72. The minimum absolute atomic E-state index is 0.0827. The predicted molar refractivity (Wildman–Crippen MR) is 86.7 cm³/mol. The molecule has 0 aliphatic carbocycles. The van der Waals surface area contributed by atoms with Crippen LogP contribution in [0.2, 0.25) is 0 Å². The highest BCUT2D eigenvalue weighted by molar-refractivity contribution is 5.75. The lowest BCUT2D eigenvalue weighted by molar-refractivity contribution is 0.132. The van der Waals surface area contributed by atoms with Gasteiger partial charge in [-0.3, -0.25) is 4.99 Å². The summed E-state index contributed by atoms with van der Waals surface area (Å²) in [5.74, 6) is 0.938. The van der Waals surface area contributed by atoms with E-state index >= 15 is 0 Å². The number of hydrogen-bond donors (Lipinski definition) is 1. The average Bonchev–Trinajstić information content (AvgIpc) is 2.49. The number of hydrogen-bond acceptors (Lipinski definition) is 6. The molecule has 0 fully saturated rings. The molecule has 0 radical (unpaired) electrons. The molecule has 6 heteroatoms. The van der Waals surface area contributed by atoms with Crippen molar-refractivity contribution in [3.63, 3.8) is 0 Å². The molecule has 0 saturated carbocycles. The Morgan fingerprint density at radius 3 is 2.09 bits per heavy atom. The Kier molecular flexibility index (Phi) is 8.03. The van der Waals surface area contributed by atoms with Crippen LogP contribution in [0.15, 0.2) is 23.7 Å². The number of ether oxygens (including phenoxy) is 4. The first kappa shape index (κ1) is 18.0. The van der Waals surface area contributed by atoms with E-state index in [0.717, 1.165) is 0 Å². The van der Waals surface area contributed by atoms with Gasteiger partial charge in [0.2, 0.25) is 0 Å². The van der Waals surface area contributed by atoms with Crippen LogP contribution in [0.25, 0.3) is 5.76 Å². The summed E-state index contributed by atoms with van der Waals surface area (Å²) in [6.45, 7) is 6.99. The zero-order valence-corrected chi connectivity index (χ0v) is 13.3. The second kappa shape index (κ2) is 9.81. The second-order valence-corrected chi connectivity index (χ2v) is 4.33. The first-order chi connectivity index (χ1) is 10.6. The van der Waals surface area contributed by atoms with Gasteiger partial charge in [0.1, 0.15) is 19.0 Å². The van der Waals surface area contributed by atoms with E-state index in [-0.39, 0.29) is 5.76 Å². The Morgan fingerprint density at radius 2 is 1.64 bits per heavy atom. The van der Waals surface area contributed by atoms with Gasteiger partial charge in [-0.05, 0) is 13.0 Å². The number of aliphatic imine (C=N–C) groups is 1. The topological polar surface area (TPSA) is 69.5 Å². The molecule has 1 aromatic rings. The number of benzene rings is 1. The molecule has 0 unspecified atom stereocenters. The number of rotatable bonds is 10. The molecule has 0 spiro atoms. The van der Waals surface area contributed by atoms with Gasteiger partial charge in [-0.2, -0.15) is 0 Å². The Hall–Kier alpha value is -2.05. The van der Waals surface area contributed by atoms with Crippen molar-refractivity contribution >= 4 is 17.7 Å². The summed E-state index contributed by atoms with van der Waals surface area (Å²) in [6.07, 6.45) is 1.63. The van der Waals surface area contributed by atoms with Gasteiger partial charge in [-0.25, -0.2) is 0 Å². The van der Waals surface area contributed by atoms with E-state index in [4.69, 9.17) is 18.9 Å². The maximum Gasteiger partial charge on any atom is 0.163 e. The summed E-state index contributed by atoms with van der Waals surface area (Å²) in [5.41, 5.74) is 1.05. The van der Waals surface area contributed by atoms with Crippen LogP contribution in [0, 0.1) is 0 Å². The van der Waals surface area contributed by atoms with Crippen LogP contribution in [0.4, 0.5) is 5.69 Å². The molecule has 1 aromatic carbocycles. The zero-order valence-electron chi connectivity index (χ0n) is 13.3. The molecule has 0 amide bonds. The highest BCUT2D eigenvalue weighted by Gasteiger charge is 2.14. The monoisotopic (exact) mass is 309 g/mol. The number of aliphatic hydroxyl groups excluding tert-OH is 1. The Labute approximate surface area is 131 Å². The van der Waals surface area contributed by atoms with E-state index in [1.165, 1.54) is 0 Å². The van der Waals surface area contributed by atoms with Gasteiger partial charge in [0.15, 0.2) is 11.5 Å². The Morgan fingerprint density at radius 1 is 1.09 bits per heavy atom. The fraction of sp³-hybridized carbons (Fsp3) is 0.438. The van der Waals surface area contributed by atoms with Gasteiger partial charge in [-0.1, -0.05) is 6.58 Å². The predicted octanol–water partition coefficient (Wildman–Crippen LogP) is 2.99. The van der Waals surface area contributed by atoms with Crippen molar-refractivity contribution < 1.29 is 24.1 Å². The van der Waals surface area contributed by atoms with Gasteiger partial charge in [0.25, 0.3) is 0 Å². The van der Waals surface area contributed by atoms with Crippen LogP contribution < -0.4 is 9.47 Å². The molecule has 0 aliphatic heterocycles. The van der Waals surface area contributed by atoms with Gasteiger partial charge in [0, 0.05) is 32.1 Å². The molecule has 6 nitrogen and oxygen atoms in total. The number of nitrogens with zero attached hydrogens (tertiary/aromatic N) is 1. The molecule has 22 heavy (non-hydrogen) atoms. The van der Waals surface area contributed by atoms with Crippen LogP contribution in [0.1, 0.15) is 12.5 Å². The van der Waals surface area contributed by atoms with Crippen molar-refractivity contribution in [1.82, 2.24) is 0 Å². The van der Waals surface area contributed by atoms with Gasteiger partial charge >= 0.3 is 0 Å². The average molecular weight is 309 g/mol. The molecule has 0 saturated heterocycles. The molecule has 0 atom stereocenters. The normalized spacial score (nSPS) is 10.9. The zero-order chi connectivity index (χ0) is 16.4. The molecule has 0 aliphatic rings. The highest BCUT2D eigenvalue weighted by atomic mass is 16.5. The van der Waals surface area contributed by atoms with E-state index in [1.54, 1.807) is 39.5 Å².